The van der Waals surface area contributed by atoms with Crippen LogP contribution in [0.25, 0.3) is 0 Å². The Morgan fingerprint density at radius 1 is 1.35 bits per heavy atom. The second-order valence-corrected chi connectivity index (χ2v) is 6.03. The van der Waals surface area contributed by atoms with Gasteiger partial charge in [-0.1, -0.05) is 0 Å². The monoisotopic (exact) mass is 256 g/mol. The number of nitrogens with two attached hydrogens (primary N) is 1. The molecular weight excluding hydrogens is 240 g/mol. The highest BCUT2D eigenvalue weighted by Gasteiger charge is 2.30. The Morgan fingerprint density at radius 2 is 2.00 bits per heavy atom. The van der Waals surface area contributed by atoms with Gasteiger partial charge < -0.3 is 10.5 Å². The van der Waals surface area contributed by atoms with E-state index in [0.29, 0.717) is 18.8 Å². The molecule has 1 saturated heterocycles. The summed E-state index contributed by atoms with van der Waals surface area (Å²) in [5.41, 5.74) is 5.72. The third-order valence-electron chi connectivity index (χ3n) is 2.88. The van der Waals surface area contributed by atoms with Crippen molar-refractivity contribution < 1.29 is 13.2 Å². The van der Waals surface area contributed by atoms with Crippen LogP contribution >= 0.6 is 0 Å². The van der Waals surface area contributed by atoms with Crippen LogP contribution in [0.1, 0.15) is 6.42 Å². The molecule has 1 atom stereocenters. The summed E-state index contributed by atoms with van der Waals surface area (Å²) in [5, 5.41) is 0. The van der Waals surface area contributed by atoms with Gasteiger partial charge in [0.25, 0.3) is 0 Å². The number of benzene rings is 1. The first kappa shape index (κ1) is 12.3. The summed E-state index contributed by atoms with van der Waals surface area (Å²) in [6, 6.07) is 6.34. The fourth-order valence-corrected chi connectivity index (χ4v) is 3.38. The molecule has 6 heteroatoms. The zero-order chi connectivity index (χ0) is 12.5. The van der Waals surface area contributed by atoms with Crippen molar-refractivity contribution in [1.82, 2.24) is 4.31 Å². The molecule has 0 unspecified atom stereocenters. The zero-order valence-electron chi connectivity index (χ0n) is 9.67. The summed E-state index contributed by atoms with van der Waals surface area (Å²) in [4.78, 5) is 0.285. The molecule has 2 N–H and O–H groups in total. The quantitative estimate of drug-likeness (QED) is 0.850. The topological polar surface area (TPSA) is 72.6 Å². The van der Waals surface area contributed by atoms with Gasteiger partial charge in [0, 0.05) is 19.1 Å². The number of sulfonamides is 1. The minimum atomic E-state index is -3.40. The van der Waals surface area contributed by atoms with Gasteiger partial charge in [-0.2, -0.15) is 4.31 Å². The first-order valence-corrected chi connectivity index (χ1v) is 6.88. The van der Waals surface area contributed by atoms with Crippen LogP contribution < -0.4 is 10.5 Å². The molecular formula is C11H16N2O3S. The highest BCUT2D eigenvalue weighted by molar-refractivity contribution is 7.89. The van der Waals surface area contributed by atoms with Gasteiger partial charge in [0.2, 0.25) is 10.0 Å². The molecule has 0 aliphatic carbocycles. The van der Waals surface area contributed by atoms with Crippen molar-refractivity contribution in [2.75, 3.05) is 20.2 Å². The Labute approximate surface area is 101 Å². The number of methoxy groups -OCH3 is 1. The van der Waals surface area contributed by atoms with Gasteiger partial charge in [-0.25, -0.2) is 8.42 Å². The van der Waals surface area contributed by atoms with Gasteiger partial charge >= 0.3 is 0 Å². The van der Waals surface area contributed by atoms with Crippen LogP contribution in [0.3, 0.4) is 0 Å². The summed E-state index contributed by atoms with van der Waals surface area (Å²) >= 11 is 0. The molecule has 2 rings (SSSR count). The predicted octanol–water partition coefficient (Wildman–Crippen LogP) is 0.417. The summed E-state index contributed by atoms with van der Waals surface area (Å²) < 4.78 is 30.8. The van der Waals surface area contributed by atoms with E-state index in [4.69, 9.17) is 10.5 Å². The molecule has 0 amide bonds. The number of nitrogens with zero attached hydrogens (tertiary/aromatic N) is 1. The molecule has 1 aliphatic rings. The highest BCUT2D eigenvalue weighted by atomic mass is 32.2. The third kappa shape index (κ3) is 2.43. The van der Waals surface area contributed by atoms with Gasteiger partial charge in [-0.15, -0.1) is 0 Å². The molecule has 1 fully saturated rings. The lowest BCUT2D eigenvalue weighted by atomic mass is 10.3. The molecule has 1 aliphatic heterocycles. The van der Waals surface area contributed by atoms with E-state index in [2.05, 4.69) is 0 Å². The lowest BCUT2D eigenvalue weighted by Crippen LogP contribution is -2.31. The molecule has 1 aromatic rings. The lowest BCUT2D eigenvalue weighted by molar-refractivity contribution is 0.414. The van der Waals surface area contributed by atoms with Gasteiger partial charge in [0.05, 0.1) is 12.0 Å². The molecule has 0 bridgehead atoms. The van der Waals surface area contributed by atoms with Crippen molar-refractivity contribution in [2.45, 2.75) is 17.4 Å². The smallest absolute Gasteiger partial charge is 0.243 e. The van der Waals surface area contributed by atoms with Gasteiger partial charge in [-0.3, -0.25) is 0 Å². The fraction of sp³-hybridized carbons (Fsp3) is 0.455. The van der Waals surface area contributed by atoms with Crippen molar-refractivity contribution in [3.63, 3.8) is 0 Å². The molecule has 0 radical (unpaired) electrons. The van der Waals surface area contributed by atoms with Crippen LogP contribution in [0, 0.1) is 0 Å². The first-order chi connectivity index (χ1) is 8.04. The average molecular weight is 256 g/mol. The number of hydrogen-bond acceptors (Lipinski definition) is 4. The number of hydrogen-bond donors (Lipinski definition) is 1. The van der Waals surface area contributed by atoms with Gasteiger partial charge in [0.1, 0.15) is 5.75 Å². The minimum absolute atomic E-state index is 0.0528. The molecule has 17 heavy (non-hydrogen) atoms. The lowest BCUT2D eigenvalue weighted by Gasteiger charge is -2.16. The van der Waals surface area contributed by atoms with Crippen LogP contribution in [-0.4, -0.2) is 39.0 Å². The Balaban J connectivity index is 2.25. The highest BCUT2D eigenvalue weighted by Crippen LogP contribution is 2.22. The van der Waals surface area contributed by atoms with E-state index < -0.39 is 10.0 Å². The maximum Gasteiger partial charge on any atom is 0.243 e. The van der Waals surface area contributed by atoms with Crippen molar-refractivity contribution in [3.05, 3.63) is 24.3 Å². The van der Waals surface area contributed by atoms with E-state index in [0.717, 1.165) is 6.42 Å². The molecule has 94 valence electrons. The Kier molecular flexibility index (Phi) is 3.37. The second kappa shape index (κ2) is 4.64. The molecule has 1 aromatic carbocycles. The largest absolute Gasteiger partial charge is 0.497 e. The molecule has 0 spiro atoms. The van der Waals surface area contributed by atoms with Crippen LogP contribution in [0.5, 0.6) is 5.75 Å². The standard InChI is InChI=1S/C11H16N2O3S/c1-16-10-2-4-11(5-3-10)17(14,15)13-7-6-9(12)8-13/h2-5,9H,6-8,12H2,1H3/t9-/m1/s1. The van der Waals surface area contributed by atoms with Crippen molar-refractivity contribution in [1.29, 1.82) is 0 Å². The summed E-state index contributed by atoms with van der Waals surface area (Å²) in [6.45, 7) is 0.893. The SMILES string of the molecule is COc1ccc(S(=O)(=O)N2CC[C@@H](N)C2)cc1. The van der Waals surface area contributed by atoms with Crippen molar-refractivity contribution >= 4 is 10.0 Å². The number of ether oxygens (including phenoxy) is 1. The Morgan fingerprint density at radius 3 is 2.47 bits per heavy atom. The average Bonchev–Trinajstić information content (AvgIpc) is 2.77. The first-order valence-electron chi connectivity index (χ1n) is 5.44. The Bertz CT molecular complexity index is 484. The maximum absolute atomic E-state index is 12.2. The van der Waals surface area contributed by atoms with Gasteiger partial charge in [-0.05, 0) is 30.7 Å². The molecule has 0 aromatic heterocycles. The van der Waals surface area contributed by atoms with E-state index in [1.807, 2.05) is 0 Å². The van der Waals surface area contributed by atoms with E-state index >= 15 is 0 Å². The van der Waals surface area contributed by atoms with Crippen LogP contribution in [0.15, 0.2) is 29.2 Å². The second-order valence-electron chi connectivity index (χ2n) is 4.09. The normalized spacial score (nSPS) is 21.6. The molecule has 5 nitrogen and oxygen atoms in total. The van der Waals surface area contributed by atoms with E-state index in [-0.39, 0.29) is 10.9 Å². The maximum atomic E-state index is 12.2. The van der Waals surface area contributed by atoms with E-state index in [1.165, 1.54) is 4.31 Å². The van der Waals surface area contributed by atoms with E-state index in [9.17, 15) is 8.42 Å². The van der Waals surface area contributed by atoms with Crippen LogP contribution in [0.2, 0.25) is 0 Å². The van der Waals surface area contributed by atoms with Crippen LogP contribution in [0.4, 0.5) is 0 Å². The van der Waals surface area contributed by atoms with Crippen molar-refractivity contribution in [3.8, 4) is 5.75 Å². The molecule has 0 saturated carbocycles. The van der Waals surface area contributed by atoms with Crippen molar-refractivity contribution in [2.24, 2.45) is 5.73 Å². The number of rotatable bonds is 3. The fourth-order valence-electron chi connectivity index (χ4n) is 1.87. The minimum Gasteiger partial charge on any atom is -0.497 e. The Hall–Kier alpha value is -1.11. The van der Waals surface area contributed by atoms with E-state index in [1.54, 1.807) is 31.4 Å². The molecule has 1 heterocycles. The zero-order valence-corrected chi connectivity index (χ0v) is 10.5. The summed E-state index contributed by atoms with van der Waals surface area (Å²) in [5.74, 6) is 0.641. The third-order valence-corrected chi connectivity index (χ3v) is 4.76. The van der Waals surface area contributed by atoms with Gasteiger partial charge in [0.15, 0.2) is 0 Å². The predicted molar refractivity (Wildman–Crippen MR) is 64.3 cm³/mol. The van der Waals surface area contributed by atoms with Crippen LogP contribution in [-0.2, 0) is 10.0 Å². The summed E-state index contributed by atoms with van der Waals surface area (Å²) in [6.07, 6.45) is 0.718. The summed E-state index contributed by atoms with van der Waals surface area (Å²) in [7, 11) is -1.85.